The molecule has 1 heterocycles. The average molecular weight is 413 g/mol. The van der Waals surface area contributed by atoms with E-state index >= 15 is 0 Å². The Hall–Kier alpha value is -3.86. The van der Waals surface area contributed by atoms with Crippen molar-refractivity contribution in [1.82, 2.24) is 0 Å². The van der Waals surface area contributed by atoms with Crippen LogP contribution in [0.3, 0.4) is 0 Å². The van der Waals surface area contributed by atoms with E-state index in [-0.39, 0.29) is 11.3 Å². The zero-order valence-electron chi connectivity index (χ0n) is 17.6. The molecule has 0 saturated carbocycles. The summed E-state index contributed by atoms with van der Waals surface area (Å²) in [4.78, 5) is 27.8. The van der Waals surface area contributed by atoms with Crippen molar-refractivity contribution in [2.75, 3.05) is 12.0 Å². The molecular formula is C26H23NO4. The molecule has 1 saturated heterocycles. The molecule has 3 aromatic rings. The summed E-state index contributed by atoms with van der Waals surface area (Å²) in [5.74, 6) is -1.15. The highest BCUT2D eigenvalue weighted by Gasteiger charge is 2.47. The third-order valence-electron chi connectivity index (χ3n) is 5.47. The zero-order valence-corrected chi connectivity index (χ0v) is 17.6. The van der Waals surface area contributed by atoms with Crippen LogP contribution in [0.2, 0.25) is 0 Å². The summed E-state index contributed by atoms with van der Waals surface area (Å²) in [5.41, 5.74) is 3.77. The van der Waals surface area contributed by atoms with Crippen molar-refractivity contribution in [2.45, 2.75) is 19.9 Å². The lowest BCUT2D eigenvalue weighted by molar-refractivity contribution is -0.132. The Balaban J connectivity index is 1.98. The number of amides is 1. The van der Waals surface area contributed by atoms with E-state index in [1.54, 1.807) is 36.4 Å². The van der Waals surface area contributed by atoms with Gasteiger partial charge in [-0.25, -0.2) is 0 Å². The number of aryl methyl sites for hydroxylation is 2. The lowest BCUT2D eigenvalue weighted by Crippen LogP contribution is -2.29. The van der Waals surface area contributed by atoms with Crippen molar-refractivity contribution in [2.24, 2.45) is 0 Å². The van der Waals surface area contributed by atoms with E-state index in [0.29, 0.717) is 17.0 Å². The fourth-order valence-corrected chi connectivity index (χ4v) is 3.93. The van der Waals surface area contributed by atoms with Crippen molar-refractivity contribution in [3.63, 3.8) is 0 Å². The van der Waals surface area contributed by atoms with Crippen molar-refractivity contribution in [1.29, 1.82) is 0 Å². The van der Waals surface area contributed by atoms with Gasteiger partial charge in [0, 0.05) is 5.56 Å². The Morgan fingerprint density at radius 3 is 2.29 bits per heavy atom. The molecule has 156 valence electrons. The Bertz CT molecular complexity index is 1190. The van der Waals surface area contributed by atoms with Crippen LogP contribution < -0.4 is 9.64 Å². The number of benzene rings is 3. The van der Waals surface area contributed by atoms with Crippen LogP contribution in [0.25, 0.3) is 5.76 Å². The second-order valence-electron chi connectivity index (χ2n) is 7.62. The number of rotatable bonds is 4. The van der Waals surface area contributed by atoms with E-state index < -0.39 is 17.7 Å². The number of hydrogen-bond donors (Lipinski definition) is 1. The van der Waals surface area contributed by atoms with E-state index in [0.717, 1.165) is 16.7 Å². The van der Waals surface area contributed by atoms with Gasteiger partial charge in [-0.2, -0.15) is 0 Å². The molecule has 0 radical (unpaired) electrons. The number of carbonyl (C=O) groups excluding carboxylic acids is 2. The van der Waals surface area contributed by atoms with Gasteiger partial charge < -0.3 is 9.84 Å². The molecule has 0 bridgehead atoms. The van der Waals surface area contributed by atoms with Gasteiger partial charge >= 0.3 is 0 Å². The van der Waals surface area contributed by atoms with Crippen LogP contribution in [-0.2, 0) is 9.59 Å². The van der Waals surface area contributed by atoms with Crippen LogP contribution in [0.4, 0.5) is 5.69 Å². The molecule has 1 aliphatic heterocycles. The van der Waals surface area contributed by atoms with Gasteiger partial charge in [0.15, 0.2) is 0 Å². The normalized spacial score (nSPS) is 17.8. The fraction of sp³-hybridized carbons (Fsp3) is 0.154. The Morgan fingerprint density at radius 1 is 0.903 bits per heavy atom. The Morgan fingerprint density at radius 2 is 1.61 bits per heavy atom. The highest BCUT2D eigenvalue weighted by atomic mass is 16.5. The van der Waals surface area contributed by atoms with E-state index in [4.69, 9.17) is 4.74 Å². The molecule has 1 N–H and O–H groups in total. The molecular weight excluding hydrogens is 390 g/mol. The summed E-state index contributed by atoms with van der Waals surface area (Å²) < 4.78 is 5.46. The van der Waals surface area contributed by atoms with Gasteiger partial charge in [0.1, 0.15) is 11.5 Å². The molecule has 5 heteroatoms. The number of anilines is 1. The molecule has 1 atom stereocenters. The van der Waals surface area contributed by atoms with E-state index in [2.05, 4.69) is 0 Å². The number of Topliss-reactive ketones (excluding diaryl/α,β-unsaturated/α-hetero) is 1. The summed E-state index contributed by atoms with van der Waals surface area (Å²) in [7, 11) is 1.52. The number of aliphatic hydroxyl groups excluding tert-OH is 1. The number of aliphatic hydroxyl groups is 1. The summed E-state index contributed by atoms with van der Waals surface area (Å²) in [6.07, 6.45) is 0. The number of ether oxygens (including phenoxy) is 1. The van der Waals surface area contributed by atoms with Crippen molar-refractivity contribution in [3.05, 3.63) is 101 Å². The van der Waals surface area contributed by atoms with Gasteiger partial charge in [-0.3, -0.25) is 14.5 Å². The first kappa shape index (κ1) is 20.4. The van der Waals surface area contributed by atoms with Crippen LogP contribution in [0, 0.1) is 13.8 Å². The molecule has 0 aliphatic carbocycles. The molecule has 1 fully saturated rings. The second-order valence-corrected chi connectivity index (χ2v) is 7.62. The van der Waals surface area contributed by atoms with E-state index in [1.165, 1.54) is 12.0 Å². The minimum Gasteiger partial charge on any atom is -0.507 e. The van der Waals surface area contributed by atoms with Gasteiger partial charge in [-0.15, -0.1) is 0 Å². The number of hydrogen-bond acceptors (Lipinski definition) is 4. The van der Waals surface area contributed by atoms with Crippen molar-refractivity contribution < 1.29 is 19.4 Å². The number of methoxy groups -OCH3 is 1. The Kier molecular flexibility index (Phi) is 5.34. The maximum Gasteiger partial charge on any atom is 0.300 e. The lowest BCUT2D eigenvalue weighted by Gasteiger charge is -2.27. The maximum atomic E-state index is 13.2. The van der Waals surface area contributed by atoms with Crippen LogP contribution in [0.5, 0.6) is 5.75 Å². The monoisotopic (exact) mass is 413 g/mol. The minimum atomic E-state index is -0.780. The van der Waals surface area contributed by atoms with Crippen molar-refractivity contribution >= 4 is 23.1 Å². The number of ketones is 1. The standard InChI is InChI=1S/C26H23NO4/c1-16-11-13-18(14-12-16)24(28)22-23(19-8-6-7-17(2)15-19)27(26(30)25(22)29)20-9-4-5-10-21(20)31-3/h4-15,23,28H,1-3H3/b24-22-. The van der Waals surface area contributed by atoms with Crippen LogP contribution in [-0.4, -0.2) is 23.9 Å². The third kappa shape index (κ3) is 3.59. The second kappa shape index (κ2) is 8.11. The maximum absolute atomic E-state index is 13.2. The Labute approximate surface area is 181 Å². The lowest BCUT2D eigenvalue weighted by atomic mass is 9.94. The fourth-order valence-electron chi connectivity index (χ4n) is 3.93. The largest absolute Gasteiger partial charge is 0.507 e. The topological polar surface area (TPSA) is 66.8 Å². The summed E-state index contributed by atoms with van der Waals surface area (Å²) >= 11 is 0. The molecule has 5 nitrogen and oxygen atoms in total. The molecule has 4 rings (SSSR count). The van der Waals surface area contributed by atoms with Crippen LogP contribution in [0.1, 0.15) is 28.3 Å². The number of para-hydroxylation sites is 2. The molecule has 3 aromatic carbocycles. The first-order chi connectivity index (χ1) is 14.9. The predicted octanol–water partition coefficient (Wildman–Crippen LogP) is 4.94. The molecule has 1 aliphatic rings. The molecule has 31 heavy (non-hydrogen) atoms. The first-order valence-electron chi connectivity index (χ1n) is 10.00. The molecule has 1 amide bonds. The zero-order chi connectivity index (χ0) is 22.1. The quantitative estimate of drug-likeness (QED) is 0.374. The highest BCUT2D eigenvalue weighted by Crippen LogP contribution is 2.44. The molecule has 0 spiro atoms. The van der Waals surface area contributed by atoms with Gasteiger partial charge in [0.05, 0.1) is 24.4 Å². The van der Waals surface area contributed by atoms with E-state index in [9.17, 15) is 14.7 Å². The SMILES string of the molecule is COc1ccccc1N1C(=O)C(=O)/C(=C(\O)c2ccc(C)cc2)C1c1cccc(C)c1. The smallest absolute Gasteiger partial charge is 0.300 e. The minimum absolute atomic E-state index is 0.0605. The van der Waals surface area contributed by atoms with Gasteiger partial charge in [-0.05, 0) is 31.5 Å². The summed E-state index contributed by atoms with van der Waals surface area (Å²) in [6.45, 7) is 3.88. The summed E-state index contributed by atoms with van der Waals surface area (Å²) in [6, 6.07) is 21.1. The van der Waals surface area contributed by atoms with E-state index in [1.807, 2.05) is 50.2 Å². The van der Waals surface area contributed by atoms with Gasteiger partial charge in [-0.1, -0.05) is 71.8 Å². The van der Waals surface area contributed by atoms with Gasteiger partial charge in [0.25, 0.3) is 11.7 Å². The van der Waals surface area contributed by atoms with Crippen molar-refractivity contribution in [3.8, 4) is 5.75 Å². The number of carbonyl (C=O) groups is 2. The highest BCUT2D eigenvalue weighted by molar-refractivity contribution is 6.51. The number of nitrogens with zero attached hydrogens (tertiary/aromatic N) is 1. The third-order valence-corrected chi connectivity index (χ3v) is 5.47. The first-order valence-corrected chi connectivity index (χ1v) is 10.00. The van der Waals surface area contributed by atoms with Crippen LogP contribution >= 0.6 is 0 Å². The van der Waals surface area contributed by atoms with Gasteiger partial charge in [0.2, 0.25) is 0 Å². The predicted molar refractivity (Wildman–Crippen MR) is 120 cm³/mol. The molecule has 0 aromatic heterocycles. The molecule has 1 unspecified atom stereocenters. The summed E-state index contributed by atoms with van der Waals surface area (Å²) in [5, 5.41) is 11.1. The van der Waals surface area contributed by atoms with Crippen LogP contribution in [0.15, 0.2) is 78.4 Å². The average Bonchev–Trinajstić information content (AvgIpc) is 3.04.